The Hall–Kier alpha value is -1.51. The second-order valence-electron chi connectivity index (χ2n) is 4.46. The summed E-state index contributed by atoms with van der Waals surface area (Å²) >= 11 is 0. The maximum atomic E-state index is 11.4. The van der Waals surface area contributed by atoms with Crippen molar-refractivity contribution in [3.63, 3.8) is 0 Å². The standard InChI is InChI=1S/C14H22N2O/c1-4-5-6-9-16(3)12-7-8-14(15)13(10-12)11(2)17/h7-8,10H,4-6,9,15H2,1-3H3. The molecule has 0 atom stereocenters. The third kappa shape index (κ3) is 3.77. The van der Waals surface area contributed by atoms with Crippen molar-refractivity contribution in [2.24, 2.45) is 0 Å². The summed E-state index contributed by atoms with van der Waals surface area (Å²) in [7, 11) is 2.05. The van der Waals surface area contributed by atoms with Crippen LogP contribution >= 0.6 is 0 Å². The maximum Gasteiger partial charge on any atom is 0.161 e. The van der Waals surface area contributed by atoms with Gasteiger partial charge in [0, 0.05) is 30.5 Å². The highest BCUT2D eigenvalue weighted by Crippen LogP contribution is 2.21. The molecule has 2 N–H and O–H groups in total. The van der Waals surface area contributed by atoms with Gasteiger partial charge in [0.1, 0.15) is 0 Å². The zero-order chi connectivity index (χ0) is 12.8. The van der Waals surface area contributed by atoms with Crippen LogP contribution in [0.25, 0.3) is 0 Å². The number of anilines is 2. The number of carbonyl (C=O) groups is 1. The number of nitrogens with zero attached hydrogens (tertiary/aromatic N) is 1. The van der Waals surface area contributed by atoms with Crippen LogP contribution in [0.1, 0.15) is 43.5 Å². The summed E-state index contributed by atoms with van der Waals surface area (Å²) in [6.07, 6.45) is 3.62. The Morgan fingerprint density at radius 1 is 1.35 bits per heavy atom. The third-order valence-electron chi connectivity index (χ3n) is 2.95. The number of hydrogen-bond donors (Lipinski definition) is 1. The SMILES string of the molecule is CCCCCN(C)c1ccc(N)c(C(C)=O)c1. The normalized spacial score (nSPS) is 10.3. The van der Waals surface area contributed by atoms with Gasteiger partial charge in [-0.05, 0) is 31.5 Å². The molecule has 0 unspecified atom stereocenters. The fraction of sp³-hybridized carbons (Fsp3) is 0.500. The second kappa shape index (κ2) is 6.28. The summed E-state index contributed by atoms with van der Waals surface area (Å²) < 4.78 is 0. The maximum absolute atomic E-state index is 11.4. The molecule has 1 aromatic carbocycles. The summed E-state index contributed by atoms with van der Waals surface area (Å²) in [4.78, 5) is 13.6. The van der Waals surface area contributed by atoms with E-state index in [0.717, 1.165) is 12.2 Å². The second-order valence-corrected chi connectivity index (χ2v) is 4.46. The Morgan fingerprint density at radius 2 is 2.06 bits per heavy atom. The zero-order valence-corrected chi connectivity index (χ0v) is 11.0. The first-order valence-corrected chi connectivity index (χ1v) is 6.17. The van der Waals surface area contributed by atoms with Crippen molar-refractivity contribution in [2.45, 2.75) is 33.1 Å². The van der Waals surface area contributed by atoms with Crippen molar-refractivity contribution in [3.05, 3.63) is 23.8 Å². The smallest absolute Gasteiger partial charge is 0.161 e. The van der Waals surface area contributed by atoms with E-state index in [0.29, 0.717) is 11.3 Å². The molecule has 0 saturated heterocycles. The number of ketones is 1. The van der Waals surface area contributed by atoms with Gasteiger partial charge in [-0.15, -0.1) is 0 Å². The van der Waals surface area contributed by atoms with Gasteiger partial charge in [0.05, 0.1) is 0 Å². The van der Waals surface area contributed by atoms with Crippen LogP contribution in [0, 0.1) is 0 Å². The fourth-order valence-electron chi connectivity index (χ4n) is 1.81. The lowest BCUT2D eigenvalue weighted by atomic mass is 10.1. The first kappa shape index (κ1) is 13.6. The lowest BCUT2D eigenvalue weighted by Crippen LogP contribution is -2.19. The van der Waals surface area contributed by atoms with Crippen LogP contribution in [0.3, 0.4) is 0 Å². The molecular formula is C14H22N2O. The summed E-state index contributed by atoms with van der Waals surface area (Å²) in [5.74, 6) is 0.0197. The first-order chi connectivity index (χ1) is 8.06. The van der Waals surface area contributed by atoms with Crippen LogP contribution in [-0.4, -0.2) is 19.4 Å². The van der Waals surface area contributed by atoms with Gasteiger partial charge in [0.15, 0.2) is 5.78 Å². The van der Waals surface area contributed by atoms with Crippen LogP contribution in [0.5, 0.6) is 0 Å². The van der Waals surface area contributed by atoms with Crippen LogP contribution in [-0.2, 0) is 0 Å². The Bertz CT molecular complexity index is 388. The number of hydrogen-bond acceptors (Lipinski definition) is 3. The van der Waals surface area contributed by atoms with E-state index in [-0.39, 0.29) is 5.78 Å². The van der Waals surface area contributed by atoms with Gasteiger partial charge in [-0.2, -0.15) is 0 Å². The van der Waals surface area contributed by atoms with Crippen LogP contribution in [0.2, 0.25) is 0 Å². The quantitative estimate of drug-likeness (QED) is 0.467. The van der Waals surface area contributed by atoms with E-state index in [9.17, 15) is 4.79 Å². The van der Waals surface area contributed by atoms with E-state index in [1.807, 2.05) is 25.2 Å². The summed E-state index contributed by atoms with van der Waals surface area (Å²) in [5.41, 5.74) is 8.00. The number of carbonyl (C=O) groups excluding carboxylic acids is 1. The molecule has 0 heterocycles. The molecule has 1 rings (SSSR count). The molecule has 0 saturated carbocycles. The summed E-state index contributed by atoms with van der Waals surface area (Å²) in [6, 6.07) is 5.65. The monoisotopic (exact) mass is 234 g/mol. The van der Waals surface area contributed by atoms with E-state index < -0.39 is 0 Å². The van der Waals surface area contributed by atoms with Gasteiger partial charge in [-0.25, -0.2) is 0 Å². The summed E-state index contributed by atoms with van der Waals surface area (Å²) in [6.45, 7) is 4.75. The summed E-state index contributed by atoms with van der Waals surface area (Å²) in [5, 5.41) is 0. The molecule has 0 aliphatic rings. The molecule has 94 valence electrons. The average Bonchev–Trinajstić information content (AvgIpc) is 2.29. The average molecular weight is 234 g/mol. The number of benzene rings is 1. The van der Waals surface area contributed by atoms with Crippen molar-refractivity contribution >= 4 is 17.2 Å². The topological polar surface area (TPSA) is 46.3 Å². The van der Waals surface area contributed by atoms with E-state index in [2.05, 4.69) is 11.8 Å². The Balaban J connectivity index is 2.77. The Labute approximate surface area is 104 Å². The van der Waals surface area contributed by atoms with E-state index >= 15 is 0 Å². The van der Waals surface area contributed by atoms with Crippen molar-refractivity contribution < 1.29 is 4.79 Å². The molecule has 0 fully saturated rings. The molecule has 0 bridgehead atoms. The van der Waals surface area contributed by atoms with E-state index in [1.165, 1.54) is 19.3 Å². The van der Waals surface area contributed by atoms with Crippen LogP contribution in [0.15, 0.2) is 18.2 Å². The molecule has 0 aromatic heterocycles. The highest BCUT2D eigenvalue weighted by atomic mass is 16.1. The molecule has 0 aliphatic heterocycles. The number of rotatable bonds is 6. The van der Waals surface area contributed by atoms with Gasteiger partial charge in [-0.1, -0.05) is 19.8 Å². The van der Waals surface area contributed by atoms with Crippen molar-refractivity contribution in [1.82, 2.24) is 0 Å². The van der Waals surface area contributed by atoms with Gasteiger partial charge >= 0.3 is 0 Å². The Kier molecular flexibility index (Phi) is 5.01. The van der Waals surface area contributed by atoms with Crippen LogP contribution < -0.4 is 10.6 Å². The minimum absolute atomic E-state index is 0.0197. The van der Waals surface area contributed by atoms with Crippen molar-refractivity contribution in [2.75, 3.05) is 24.2 Å². The third-order valence-corrected chi connectivity index (χ3v) is 2.95. The molecule has 3 nitrogen and oxygen atoms in total. The number of unbranched alkanes of at least 4 members (excludes halogenated alkanes) is 2. The Morgan fingerprint density at radius 3 is 2.65 bits per heavy atom. The zero-order valence-electron chi connectivity index (χ0n) is 11.0. The molecular weight excluding hydrogens is 212 g/mol. The lowest BCUT2D eigenvalue weighted by Gasteiger charge is -2.20. The molecule has 3 heteroatoms. The highest BCUT2D eigenvalue weighted by molar-refractivity contribution is 6.00. The number of Topliss-reactive ketones (excluding diaryl/α,β-unsaturated/α-hetero) is 1. The molecule has 0 amide bonds. The van der Waals surface area contributed by atoms with Gasteiger partial charge in [0.25, 0.3) is 0 Å². The van der Waals surface area contributed by atoms with Gasteiger partial charge in [-0.3, -0.25) is 4.79 Å². The highest BCUT2D eigenvalue weighted by Gasteiger charge is 2.08. The van der Waals surface area contributed by atoms with Gasteiger partial charge < -0.3 is 10.6 Å². The van der Waals surface area contributed by atoms with Crippen LogP contribution in [0.4, 0.5) is 11.4 Å². The van der Waals surface area contributed by atoms with E-state index in [1.54, 1.807) is 6.92 Å². The minimum atomic E-state index is 0.0197. The van der Waals surface area contributed by atoms with Gasteiger partial charge in [0.2, 0.25) is 0 Å². The minimum Gasteiger partial charge on any atom is -0.398 e. The van der Waals surface area contributed by atoms with Crippen molar-refractivity contribution in [3.8, 4) is 0 Å². The largest absolute Gasteiger partial charge is 0.398 e. The van der Waals surface area contributed by atoms with Crippen molar-refractivity contribution in [1.29, 1.82) is 0 Å². The molecule has 0 spiro atoms. The molecule has 0 radical (unpaired) electrons. The van der Waals surface area contributed by atoms with E-state index in [4.69, 9.17) is 5.73 Å². The number of nitrogens with two attached hydrogens (primary N) is 1. The number of nitrogen functional groups attached to an aromatic ring is 1. The predicted octanol–water partition coefficient (Wildman–Crippen LogP) is 3.10. The first-order valence-electron chi connectivity index (χ1n) is 6.17. The predicted molar refractivity (Wildman–Crippen MR) is 73.7 cm³/mol. The lowest BCUT2D eigenvalue weighted by molar-refractivity contribution is 0.101. The fourth-order valence-corrected chi connectivity index (χ4v) is 1.81. The molecule has 17 heavy (non-hydrogen) atoms. The molecule has 1 aromatic rings. The molecule has 0 aliphatic carbocycles.